The minimum Gasteiger partial charge on any atom is -0.381 e. The van der Waals surface area contributed by atoms with Crippen molar-refractivity contribution >= 4 is 0 Å². The van der Waals surface area contributed by atoms with Crippen molar-refractivity contribution in [1.29, 1.82) is 0 Å². The van der Waals surface area contributed by atoms with Gasteiger partial charge in [-0.1, -0.05) is 13.8 Å². The predicted octanol–water partition coefficient (Wildman–Crippen LogP) is 3.40. The van der Waals surface area contributed by atoms with E-state index in [2.05, 4.69) is 13.8 Å². The SMILES string of the molecule is CC.COC1CCC(OC(C)C)CC1. The number of methoxy groups -OCH3 is 1. The zero-order valence-electron chi connectivity index (χ0n) is 10.4. The van der Waals surface area contributed by atoms with Gasteiger partial charge in [-0.3, -0.25) is 0 Å². The molecule has 1 aliphatic rings. The smallest absolute Gasteiger partial charge is 0.0580 e. The molecule has 86 valence electrons. The van der Waals surface area contributed by atoms with E-state index < -0.39 is 0 Å². The molecule has 1 rings (SSSR count). The van der Waals surface area contributed by atoms with Crippen LogP contribution in [-0.2, 0) is 9.47 Å². The maximum absolute atomic E-state index is 5.73. The van der Waals surface area contributed by atoms with E-state index in [0.717, 1.165) is 25.7 Å². The van der Waals surface area contributed by atoms with Crippen LogP contribution in [0.4, 0.5) is 0 Å². The fourth-order valence-electron chi connectivity index (χ4n) is 1.79. The molecule has 0 bridgehead atoms. The Hall–Kier alpha value is -0.0800. The molecule has 14 heavy (non-hydrogen) atoms. The Morgan fingerprint density at radius 3 is 1.71 bits per heavy atom. The van der Waals surface area contributed by atoms with Crippen LogP contribution in [0.5, 0.6) is 0 Å². The predicted molar refractivity (Wildman–Crippen MR) is 60.6 cm³/mol. The van der Waals surface area contributed by atoms with E-state index in [-0.39, 0.29) is 0 Å². The van der Waals surface area contributed by atoms with Gasteiger partial charge in [0.1, 0.15) is 0 Å². The van der Waals surface area contributed by atoms with Crippen molar-refractivity contribution in [2.24, 2.45) is 0 Å². The average molecular weight is 202 g/mol. The second kappa shape index (κ2) is 8.25. The topological polar surface area (TPSA) is 18.5 Å². The maximum atomic E-state index is 5.73. The first-order chi connectivity index (χ1) is 6.72. The third-order valence-corrected chi connectivity index (χ3v) is 2.42. The Morgan fingerprint density at radius 1 is 0.929 bits per heavy atom. The van der Waals surface area contributed by atoms with Gasteiger partial charge in [0, 0.05) is 7.11 Å². The van der Waals surface area contributed by atoms with Crippen LogP contribution in [-0.4, -0.2) is 25.4 Å². The minimum absolute atomic E-state index is 0.370. The zero-order valence-corrected chi connectivity index (χ0v) is 10.4. The first-order valence-electron chi connectivity index (χ1n) is 5.90. The van der Waals surface area contributed by atoms with Gasteiger partial charge in [-0.15, -0.1) is 0 Å². The van der Waals surface area contributed by atoms with Gasteiger partial charge < -0.3 is 9.47 Å². The van der Waals surface area contributed by atoms with Gasteiger partial charge in [-0.25, -0.2) is 0 Å². The van der Waals surface area contributed by atoms with Crippen molar-refractivity contribution in [3.63, 3.8) is 0 Å². The van der Waals surface area contributed by atoms with Crippen molar-refractivity contribution in [3.05, 3.63) is 0 Å². The highest BCUT2D eigenvalue weighted by molar-refractivity contribution is 4.73. The molecule has 0 atom stereocenters. The fraction of sp³-hybridized carbons (Fsp3) is 1.00. The highest BCUT2D eigenvalue weighted by Gasteiger charge is 2.21. The van der Waals surface area contributed by atoms with E-state index in [1.54, 1.807) is 7.11 Å². The van der Waals surface area contributed by atoms with Crippen LogP contribution in [0.25, 0.3) is 0 Å². The molecule has 0 aliphatic heterocycles. The molecule has 0 aromatic heterocycles. The van der Waals surface area contributed by atoms with Gasteiger partial charge in [-0.2, -0.15) is 0 Å². The molecule has 2 heteroatoms. The summed E-state index contributed by atoms with van der Waals surface area (Å²) < 4.78 is 11.0. The fourth-order valence-corrected chi connectivity index (χ4v) is 1.79. The summed E-state index contributed by atoms with van der Waals surface area (Å²) in [4.78, 5) is 0. The molecule has 2 nitrogen and oxygen atoms in total. The molecule has 0 N–H and O–H groups in total. The standard InChI is InChI=1S/C10H20O2.C2H6/c1-8(2)12-10-6-4-9(11-3)5-7-10;1-2/h8-10H,4-7H2,1-3H3;1-2H3. The Bertz CT molecular complexity index is 115. The van der Waals surface area contributed by atoms with Gasteiger partial charge in [0.05, 0.1) is 18.3 Å². The van der Waals surface area contributed by atoms with E-state index in [1.165, 1.54) is 0 Å². The lowest BCUT2D eigenvalue weighted by molar-refractivity contribution is -0.0417. The Kier molecular flexibility index (Phi) is 8.20. The summed E-state index contributed by atoms with van der Waals surface area (Å²) in [5.41, 5.74) is 0. The number of ether oxygens (including phenoxy) is 2. The van der Waals surface area contributed by atoms with Crippen molar-refractivity contribution in [3.8, 4) is 0 Å². The summed E-state index contributed by atoms with van der Waals surface area (Å²) in [5.74, 6) is 0. The molecule has 1 saturated carbocycles. The third kappa shape index (κ3) is 5.61. The summed E-state index contributed by atoms with van der Waals surface area (Å²) >= 11 is 0. The molecule has 0 radical (unpaired) electrons. The summed E-state index contributed by atoms with van der Waals surface area (Å²) in [6.45, 7) is 8.20. The zero-order chi connectivity index (χ0) is 11.0. The van der Waals surface area contributed by atoms with Crippen LogP contribution < -0.4 is 0 Å². The van der Waals surface area contributed by atoms with E-state index in [0.29, 0.717) is 18.3 Å². The molecule has 0 saturated heterocycles. The van der Waals surface area contributed by atoms with E-state index in [4.69, 9.17) is 9.47 Å². The molecule has 1 aliphatic carbocycles. The maximum Gasteiger partial charge on any atom is 0.0580 e. The van der Waals surface area contributed by atoms with E-state index in [1.807, 2.05) is 13.8 Å². The summed E-state index contributed by atoms with van der Waals surface area (Å²) in [5, 5.41) is 0. The van der Waals surface area contributed by atoms with Crippen LogP contribution >= 0.6 is 0 Å². The van der Waals surface area contributed by atoms with Crippen molar-refractivity contribution < 1.29 is 9.47 Å². The lowest BCUT2D eigenvalue weighted by atomic mass is 9.95. The van der Waals surface area contributed by atoms with Crippen molar-refractivity contribution in [2.75, 3.05) is 7.11 Å². The van der Waals surface area contributed by atoms with Crippen LogP contribution in [0.15, 0.2) is 0 Å². The Balaban J connectivity index is 0.000000791. The molecule has 0 aromatic carbocycles. The second-order valence-electron chi connectivity index (χ2n) is 3.82. The lowest BCUT2D eigenvalue weighted by Crippen LogP contribution is -2.27. The summed E-state index contributed by atoms with van der Waals surface area (Å²) in [6.07, 6.45) is 5.98. The van der Waals surface area contributed by atoms with Crippen LogP contribution in [0.2, 0.25) is 0 Å². The number of rotatable bonds is 3. The highest BCUT2D eigenvalue weighted by atomic mass is 16.5. The lowest BCUT2D eigenvalue weighted by Gasteiger charge is -2.28. The van der Waals surface area contributed by atoms with Gasteiger partial charge in [-0.05, 0) is 39.5 Å². The third-order valence-electron chi connectivity index (χ3n) is 2.42. The number of hydrogen-bond donors (Lipinski definition) is 0. The first-order valence-corrected chi connectivity index (χ1v) is 5.90. The summed E-state index contributed by atoms with van der Waals surface area (Å²) in [7, 11) is 1.80. The second-order valence-corrected chi connectivity index (χ2v) is 3.82. The molecule has 0 unspecified atom stereocenters. The van der Waals surface area contributed by atoms with Crippen molar-refractivity contribution in [1.82, 2.24) is 0 Å². The molecule has 1 fully saturated rings. The van der Waals surface area contributed by atoms with Crippen molar-refractivity contribution in [2.45, 2.75) is 71.7 Å². The molecule has 0 amide bonds. The average Bonchev–Trinajstić information content (AvgIpc) is 2.21. The molecule has 0 heterocycles. The monoisotopic (exact) mass is 202 g/mol. The summed E-state index contributed by atoms with van der Waals surface area (Å²) in [6, 6.07) is 0. The quantitative estimate of drug-likeness (QED) is 0.698. The van der Waals surface area contributed by atoms with Crippen LogP contribution in [0, 0.1) is 0 Å². The normalized spacial score (nSPS) is 27.0. The van der Waals surface area contributed by atoms with Gasteiger partial charge >= 0.3 is 0 Å². The highest BCUT2D eigenvalue weighted by Crippen LogP contribution is 2.23. The largest absolute Gasteiger partial charge is 0.381 e. The number of hydrogen-bond acceptors (Lipinski definition) is 2. The first kappa shape index (κ1) is 13.9. The molecule has 0 aromatic rings. The van der Waals surface area contributed by atoms with Gasteiger partial charge in [0.25, 0.3) is 0 Å². The van der Waals surface area contributed by atoms with E-state index >= 15 is 0 Å². The molecular formula is C12H26O2. The minimum atomic E-state index is 0.370. The van der Waals surface area contributed by atoms with Gasteiger partial charge in [0.2, 0.25) is 0 Å². The van der Waals surface area contributed by atoms with E-state index in [9.17, 15) is 0 Å². The molecule has 0 spiro atoms. The van der Waals surface area contributed by atoms with Crippen LogP contribution in [0.1, 0.15) is 53.4 Å². The van der Waals surface area contributed by atoms with Gasteiger partial charge in [0.15, 0.2) is 0 Å². The molecular weight excluding hydrogens is 176 g/mol. The Labute approximate surface area is 89.0 Å². The van der Waals surface area contributed by atoms with Crippen LogP contribution in [0.3, 0.4) is 0 Å². The Morgan fingerprint density at radius 2 is 1.36 bits per heavy atom.